The standard InChI is InChI=1S/C44H52N8O8/c1-21(53)37(49-43(57)59-3)41(55)51-33-9-5-7-25(33)17-35(51)39-45-19-31(47-39)23-11-13-27-29(15-23)28-14-12-24(16-30(27)28)32-20-46-40(48-32)36-18-26-8-6-10-34(26)52(36)42(56)38(22(2)54)50-44(58)60-4/h11-16,19-22,25-26,33-38,53-54H,5-10,17-18H2,1-4H3,(H,45,47)(H,46,48)(H,49,57)(H,50,58)/t21-,22-,25-,26-,33-,34-,35-,36-,37-,38-/m0/s1. The molecule has 16 heteroatoms. The smallest absolute Gasteiger partial charge is 0.407 e. The molecule has 2 saturated carbocycles. The van der Waals surface area contributed by atoms with Gasteiger partial charge in [0.05, 0.1) is 62.3 Å². The van der Waals surface area contributed by atoms with E-state index in [1.807, 2.05) is 9.80 Å². The molecule has 10 atom stereocenters. The van der Waals surface area contributed by atoms with Gasteiger partial charge in [0.25, 0.3) is 0 Å². The highest BCUT2D eigenvalue weighted by molar-refractivity contribution is 6.04. The lowest BCUT2D eigenvalue weighted by Gasteiger charge is -2.33. The molecule has 4 amide bonds. The molecule has 2 aromatic heterocycles. The minimum atomic E-state index is -1.14. The second kappa shape index (κ2) is 15.7. The molecule has 16 nitrogen and oxygen atoms in total. The van der Waals surface area contributed by atoms with Gasteiger partial charge in [-0.15, -0.1) is 0 Å². The summed E-state index contributed by atoms with van der Waals surface area (Å²) in [7, 11) is 2.45. The number of ether oxygens (including phenoxy) is 2. The Hall–Kier alpha value is -5.74. The number of nitrogens with zero attached hydrogens (tertiary/aromatic N) is 4. The molecule has 4 fully saturated rings. The fourth-order valence-electron chi connectivity index (χ4n) is 10.8. The van der Waals surface area contributed by atoms with Gasteiger partial charge >= 0.3 is 12.2 Å². The Morgan fingerprint density at radius 3 is 1.47 bits per heavy atom. The van der Waals surface area contributed by atoms with Gasteiger partial charge in [-0.25, -0.2) is 19.6 Å². The number of rotatable bonds is 10. The lowest BCUT2D eigenvalue weighted by Crippen LogP contribution is -2.55. The number of H-pyrrole nitrogens is 2. The lowest BCUT2D eigenvalue weighted by molar-refractivity contribution is -0.140. The number of nitrogens with one attached hydrogen (secondary N) is 4. The molecular formula is C44H52N8O8. The number of carbonyl (C=O) groups excluding carboxylic acids is 4. The van der Waals surface area contributed by atoms with Gasteiger partial charge in [-0.05, 0) is 98.6 Å². The zero-order chi connectivity index (χ0) is 42.0. The maximum absolute atomic E-state index is 14.0. The van der Waals surface area contributed by atoms with Crippen molar-refractivity contribution in [3.05, 3.63) is 60.4 Å². The summed E-state index contributed by atoms with van der Waals surface area (Å²) in [5.74, 6) is 1.30. The molecular weight excluding hydrogens is 769 g/mol. The van der Waals surface area contributed by atoms with Crippen LogP contribution < -0.4 is 10.6 Å². The zero-order valence-corrected chi connectivity index (χ0v) is 34.2. The average Bonchev–Trinajstić information content (AvgIpc) is 4.09. The van der Waals surface area contributed by atoms with Gasteiger partial charge in [-0.1, -0.05) is 37.1 Å². The molecule has 4 heterocycles. The van der Waals surface area contributed by atoms with Crippen LogP contribution in [0.15, 0.2) is 48.8 Å². The van der Waals surface area contributed by atoms with Crippen molar-refractivity contribution >= 4 is 24.0 Å². The van der Waals surface area contributed by atoms with Crippen LogP contribution in [0.1, 0.15) is 88.9 Å². The number of imidazole rings is 2. The minimum Gasteiger partial charge on any atom is -0.453 e. The van der Waals surface area contributed by atoms with Gasteiger partial charge < -0.3 is 50.1 Å². The van der Waals surface area contributed by atoms with Crippen LogP contribution in [0.25, 0.3) is 44.8 Å². The first kappa shape index (κ1) is 39.7. The highest BCUT2D eigenvalue weighted by Gasteiger charge is 2.51. The molecule has 0 bridgehead atoms. The van der Waals surface area contributed by atoms with Gasteiger partial charge in [-0.3, -0.25) is 9.59 Å². The SMILES string of the molecule is COC(=O)N[C@H](C(=O)N1[C@H](c2ncc(-c3ccc4c(c3)-c3ccc(-c5cnc([C@@H]6C[C@@H]7CCC[C@@H]7N6C(=O)[C@@H](NC(=O)OC)[C@H](C)O)[nH]5)cc3-4)[nH]2)C[C@@H]2CCC[C@@H]21)[C@H](C)O. The van der Waals surface area contributed by atoms with E-state index in [0.717, 1.165) is 96.1 Å². The summed E-state index contributed by atoms with van der Waals surface area (Å²) in [6.45, 7) is 2.98. The molecule has 0 spiro atoms. The number of aromatic nitrogens is 4. The van der Waals surface area contributed by atoms with Crippen LogP contribution in [0.5, 0.6) is 0 Å². The quantitative estimate of drug-likeness (QED) is 0.108. The topological polar surface area (TPSA) is 215 Å². The summed E-state index contributed by atoms with van der Waals surface area (Å²) in [5.41, 5.74) is 8.08. The third-order valence-corrected chi connectivity index (χ3v) is 13.7. The predicted octanol–water partition coefficient (Wildman–Crippen LogP) is 5.21. The number of aliphatic hydroxyl groups is 2. The van der Waals surface area contributed by atoms with Gasteiger partial charge in [0, 0.05) is 23.2 Å². The van der Waals surface area contributed by atoms with E-state index in [4.69, 9.17) is 19.4 Å². The number of hydrogen-bond donors (Lipinski definition) is 6. The van der Waals surface area contributed by atoms with Crippen molar-refractivity contribution in [2.45, 2.75) is 114 Å². The van der Waals surface area contributed by atoms with Crippen LogP contribution in [-0.2, 0) is 19.1 Å². The van der Waals surface area contributed by atoms with Crippen molar-refractivity contribution in [1.82, 2.24) is 40.4 Å². The van der Waals surface area contributed by atoms with Crippen LogP contribution in [-0.4, -0.2) is 115 Å². The molecule has 0 radical (unpaired) electrons. The Morgan fingerprint density at radius 2 is 1.08 bits per heavy atom. The van der Waals surface area contributed by atoms with Gasteiger partial charge in [0.1, 0.15) is 23.7 Å². The van der Waals surface area contributed by atoms with E-state index < -0.39 is 36.5 Å². The molecule has 3 aliphatic carbocycles. The Labute approximate surface area is 347 Å². The van der Waals surface area contributed by atoms with Crippen LogP contribution in [0.2, 0.25) is 0 Å². The Bertz CT molecular complexity index is 2150. The van der Waals surface area contributed by atoms with E-state index in [2.05, 4.69) is 57.0 Å². The zero-order valence-electron chi connectivity index (χ0n) is 34.2. The number of aromatic amines is 2. The Kier molecular flexibility index (Phi) is 10.4. The second-order valence-corrected chi connectivity index (χ2v) is 17.1. The number of fused-ring (bicyclic) bond motifs is 6. The highest BCUT2D eigenvalue weighted by Crippen LogP contribution is 2.51. The largest absolute Gasteiger partial charge is 0.453 e. The molecule has 9 rings (SSSR count). The molecule has 0 unspecified atom stereocenters. The van der Waals surface area contributed by atoms with Crippen molar-refractivity contribution in [3.8, 4) is 44.8 Å². The van der Waals surface area contributed by atoms with Crippen molar-refractivity contribution in [3.63, 3.8) is 0 Å². The number of benzene rings is 2. The Morgan fingerprint density at radius 1 is 0.667 bits per heavy atom. The van der Waals surface area contributed by atoms with Gasteiger partial charge in [0.15, 0.2) is 0 Å². The van der Waals surface area contributed by atoms with Crippen LogP contribution in [0.3, 0.4) is 0 Å². The first-order valence-corrected chi connectivity index (χ1v) is 21.0. The highest BCUT2D eigenvalue weighted by atomic mass is 16.5. The summed E-state index contributed by atoms with van der Waals surface area (Å²) in [6.07, 6.45) is 7.13. The molecule has 2 aliphatic heterocycles. The second-order valence-electron chi connectivity index (χ2n) is 17.1. The fourth-order valence-corrected chi connectivity index (χ4v) is 10.8. The van der Waals surface area contributed by atoms with E-state index in [1.54, 1.807) is 12.4 Å². The van der Waals surface area contributed by atoms with Crippen molar-refractivity contribution < 1.29 is 38.9 Å². The van der Waals surface area contributed by atoms with E-state index >= 15 is 0 Å². The normalized spacial score (nSPS) is 25.6. The molecule has 4 aromatic rings. The molecule has 2 aromatic carbocycles. The van der Waals surface area contributed by atoms with E-state index in [1.165, 1.54) is 28.1 Å². The third kappa shape index (κ3) is 6.79. The summed E-state index contributed by atoms with van der Waals surface area (Å²) in [5, 5.41) is 26.1. The maximum Gasteiger partial charge on any atom is 0.407 e. The van der Waals surface area contributed by atoms with Gasteiger partial charge in [-0.2, -0.15) is 0 Å². The van der Waals surface area contributed by atoms with Crippen molar-refractivity contribution in [2.75, 3.05) is 14.2 Å². The van der Waals surface area contributed by atoms with Crippen LogP contribution >= 0.6 is 0 Å². The predicted molar refractivity (Wildman–Crippen MR) is 219 cm³/mol. The van der Waals surface area contributed by atoms with E-state index in [9.17, 15) is 29.4 Å². The minimum absolute atomic E-state index is 0.00894. The van der Waals surface area contributed by atoms with E-state index in [-0.39, 0.29) is 36.0 Å². The number of methoxy groups -OCH3 is 2. The van der Waals surface area contributed by atoms with Crippen LogP contribution in [0, 0.1) is 11.8 Å². The van der Waals surface area contributed by atoms with Crippen LogP contribution in [0.4, 0.5) is 9.59 Å². The first-order valence-electron chi connectivity index (χ1n) is 21.0. The number of likely N-dealkylation sites (tertiary alicyclic amines) is 2. The monoisotopic (exact) mass is 820 g/mol. The number of alkyl carbamates (subject to hydrolysis) is 2. The number of hydrogen-bond acceptors (Lipinski definition) is 10. The van der Waals surface area contributed by atoms with Crippen molar-refractivity contribution in [2.24, 2.45) is 11.8 Å². The average molecular weight is 821 g/mol. The lowest BCUT2D eigenvalue weighted by atomic mass is 9.78. The molecule has 6 N–H and O–H groups in total. The molecule has 316 valence electrons. The number of aliphatic hydroxyl groups excluding tert-OH is 2. The summed E-state index contributed by atoms with van der Waals surface area (Å²) in [6, 6.07) is 9.74. The molecule has 60 heavy (non-hydrogen) atoms. The summed E-state index contributed by atoms with van der Waals surface area (Å²) in [4.78, 5) is 72.4. The number of carbonyl (C=O) groups is 4. The molecule has 2 saturated heterocycles. The summed E-state index contributed by atoms with van der Waals surface area (Å²) >= 11 is 0. The fraction of sp³-hybridized carbons (Fsp3) is 0.500. The molecule has 5 aliphatic rings. The van der Waals surface area contributed by atoms with Gasteiger partial charge in [0.2, 0.25) is 11.8 Å². The first-order chi connectivity index (χ1) is 28.9. The Balaban J connectivity index is 0.925. The third-order valence-electron chi connectivity index (χ3n) is 13.7. The maximum atomic E-state index is 14.0. The van der Waals surface area contributed by atoms with Crippen molar-refractivity contribution in [1.29, 1.82) is 0 Å². The number of amides is 4. The van der Waals surface area contributed by atoms with E-state index in [0.29, 0.717) is 23.5 Å². The summed E-state index contributed by atoms with van der Waals surface area (Å²) < 4.78 is 9.49.